The molecule has 11 aromatic rings. The topological polar surface area (TPSA) is 6.48 Å². The first-order valence-electron chi connectivity index (χ1n) is 29.2. The summed E-state index contributed by atoms with van der Waals surface area (Å²) < 4.78 is 0. The number of nitrogens with zero attached hydrogens (tertiary/aromatic N) is 2. The number of benzene rings is 11. The van der Waals surface area contributed by atoms with Crippen molar-refractivity contribution in [2.24, 2.45) is 0 Å². The summed E-state index contributed by atoms with van der Waals surface area (Å²) in [6, 6.07) is 90.5. The molecule has 4 aliphatic rings. The molecule has 0 aliphatic heterocycles. The molecule has 4 aliphatic carbocycles. The van der Waals surface area contributed by atoms with E-state index in [0.29, 0.717) is 0 Å². The molecule has 0 spiro atoms. The molecule has 0 saturated heterocycles. The van der Waals surface area contributed by atoms with Crippen molar-refractivity contribution < 1.29 is 0 Å². The third-order valence-electron chi connectivity index (χ3n) is 19.2. The predicted molar refractivity (Wildman–Crippen MR) is 347 cm³/mol. The van der Waals surface area contributed by atoms with Crippen molar-refractivity contribution in [2.45, 2.75) is 77.0 Å². The van der Waals surface area contributed by atoms with E-state index in [1.165, 1.54) is 117 Å². The molecule has 15 rings (SSSR count). The van der Waals surface area contributed by atoms with Crippen LogP contribution in [-0.4, -0.2) is 0 Å². The van der Waals surface area contributed by atoms with Crippen LogP contribution in [0, 0.1) is 0 Å². The molecule has 0 N–H and O–H groups in total. The van der Waals surface area contributed by atoms with Crippen LogP contribution >= 0.6 is 0 Å². The van der Waals surface area contributed by atoms with Crippen molar-refractivity contribution in [3.05, 3.63) is 298 Å². The molecule has 2 nitrogen and oxygen atoms in total. The maximum atomic E-state index is 2.53. The summed E-state index contributed by atoms with van der Waals surface area (Å²) in [4.78, 5) is 4.70. The van der Waals surface area contributed by atoms with E-state index < -0.39 is 0 Å². The second-order valence-corrected chi connectivity index (χ2v) is 25.4. The van der Waals surface area contributed by atoms with Crippen LogP contribution in [0.25, 0.3) is 67.8 Å². The zero-order valence-electron chi connectivity index (χ0n) is 48.1. The average Bonchev–Trinajstić information content (AvgIpc) is 1.86. The molecule has 0 aromatic heterocycles. The fourth-order valence-electron chi connectivity index (χ4n) is 14.7. The predicted octanol–water partition coefficient (Wildman–Crippen LogP) is 21.7. The van der Waals surface area contributed by atoms with Crippen LogP contribution < -0.4 is 9.80 Å². The Labute approximate surface area is 484 Å². The Morgan fingerprint density at radius 1 is 0.220 bits per heavy atom. The quantitative estimate of drug-likeness (QED) is 0.133. The summed E-state index contributed by atoms with van der Waals surface area (Å²) in [5.74, 6) is 0. The summed E-state index contributed by atoms with van der Waals surface area (Å²) in [5.41, 5.74) is 33.2. The van der Waals surface area contributed by atoms with Gasteiger partial charge in [-0.2, -0.15) is 0 Å². The van der Waals surface area contributed by atoms with Crippen molar-refractivity contribution in [3.8, 4) is 55.6 Å². The molecule has 0 fully saturated rings. The highest BCUT2D eigenvalue weighted by Crippen LogP contribution is 2.59. The van der Waals surface area contributed by atoms with Gasteiger partial charge >= 0.3 is 0 Å². The lowest BCUT2D eigenvalue weighted by atomic mass is 9.79. The highest BCUT2D eigenvalue weighted by molar-refractivity contribution is 5.94. The second-order valence-electron chi connectivity index (χ2n) is 25.4. The fourth-order valence-corrected chi connectivity index (χ4v) is 14.7. The van der Waals surface area contributed by atoms with Gasteiger partial charge in [0.1, 0.15) is 0 Å². The van der Waals surface area contributed by atoms with E-state index in [1.807, 2.05) is 0 Å². The number of para-hydroxylation sites is 4. The number of fused-ring (bicyclic) bond motifs is 12. The summed E-state index contributed by atoms with van der Waals surface area (Å²) >= 11 is 0. The van der Waals surface area contributed by atoms with Crippen LogP contribution in [0.1, 0.15) is 111 Å². The Morgan fingerprint density at radius 2 is 0.488 bits per heavy atom. The van der Waals surface area contributed by atoms with Crippen LogP contribution in [0.3, 0.4) is 0 Å². The van der Waals surface area contributed by atoms with E-state index in [0.717, 1.165) is 28.4 Å². The molecular formula is C80H66N2. The Balaban J connectivity index is 0.692. The lowest BCUT2D eigenvalue weighted by Crippen LogP contribution is -2.17. The molecule has 0 heterocycles. The lowest BCUT2D eigenvalue weighted by molar-refractivity contribution is 0.652. The van der Waals surface area contributed by atoms with Crippen LogP contribution in [0.2, 0.25) is 0 Å². The molecule has 396 valence electrons. The first kappa shape index (κ1) is 49.8. The minimum absolute atomic E-state index is 0.156. The Kier molecular flexibility index (Phi) is 11.0. The van der Waals surface area contributed by atoms with Gasteiger partial charge in [-0.15, -0.1) is 0 Å². The van der Waals surface area contributed by atoms with Crippen molar-refractivity contribution in [1.82, 2.24) is 0 Å². The molecule has 0 unspecified atom stereocenters. The monoisotopic (exact) mass is 1050 g/mol. The van der Waals surface area contributed by atoms with E-state index in [4.69, 9.17) is 0 Å². The summed E-state index contributed by atoms with van der Waals surface area (Å²) in [7, 11) is 0. The van der Waals surface area contributed by atoms with E-state index in [-0.39, 0.29) is 21.7 Å². The number of anilines is 6. The highest BCUT2D eigenvalue weighted by atomic mass is 15.1. The van der Waals surface area contributed by atoms with E-state index >= 15 is 0 Å². The van der Waals surface area contributed by atoms with Gasteiger partial charge in [0.2, 0.25) is 0 Å². The summed E-state index contributed by atoms with van der Waals surface area (Å²) in [6.45, 7) is 19.3. The maximum Gasteiger partial charge on any atom is 0.0465 e. The molecule has 82 heavy (non-hydrogen) atoms. The van der Waals surface area contributed by atoms with Gasteiger partial charge in [-0.05, 0) is 214 Å². The zero-order valence-corrected chi connectivity index (χ0v) is 48.1. The molecule has 0 bridgehead atoms. The number of hydrogen-bond donors (Lipinski definition) is 0. The molecule has 0 atom stereocenters. The largest absolute Gasteiger partial charge is 0.311 e. The summed E-state index contributed by atoms with van der Waals surface area (Å²) in [5, 5.41) is 0. The van der Waals surface area contributed by atoms with Gasteiger partial charge in [0, 0.05) is 55.8 Å². The zero-order chi connectivity index (χ0) is 55.9. The molecule has 0 amide bonds. The van der Waals surface area contributed by atoms with Crippen molar-refractivity contribution in [1.29, 1.82) is 0 Å². The third kappa shape index (κ3) is 7.54. The molecule has 2 heteroatoms. The minimum atomic E-state index is -0.172. The van der Waals surface area contributed by atoms with Crippen molar-refractivity contribution in [2.75, 3.05) is 9.80 Å². The number of rotatable bonds is 9. The fraction of sp³-hybridized carbons (Fsp3) is 0.150. The van der Waals surface area contributed by atoms with Crippen LogP contribution in [-0.2, 0) is 21.7 Å². The standard InChI is InChI=1S/C80H66N2/c1-77(2)69-43-51(31-39-61(69)65-47-75-67(49-73(65)77)63-41-35-54(45-71(63)79(75,5)6)53-33-36-59(37-34-53)81(55-21-13-9-14-22-55)56-23-15-10-16-24-56)29-30-52-32-40-62-66-48-76-68(50-74(66)78(3,4)70(62)44-52)64-42-38-60(46-72(64)80(76,7)8)82(57-25-17-11-18-26-57)58-27-19-12-20-28-58/h9-50H,1-8H3/b30-29+. The van der Waals surface area contributed by atoms with Crippen LogP contribution in [0.4, 0.5) is 34.1 Å². The molecular weight excluding hydrogens is 989 g/mol. The van der Waals surface area contributed by atoms with Gasteiger partial charge in [0.15, 0.2) is 0 Å². The molecule has 0 radical (unpaired) electrons. The first-order chi connectivity index (χ1) is 39.7. The van der Waals surface area contributed by atoms with Gasteiger partial charge in [0.05, 0.1) is 0 Å². The Hall–Kier alpha value is -9.24. The van der Waals surface area contributed by atoms with Gasteiger partial charge in [-0.1, -0.05) is 207 Å². The molecule has 11 aromatic carbocycles. The Morgan fingerprint density at radius 3 is 0.866 bits per heavy atom. The number of hydrogen-bond acceptors (Lipinski definition) is 2. The van der Waals surface area contributed by atoms with Crippen LogP contribution in [0.5, 0.6) is 0 Å². The third-order valence-corrected chi connectivity index (χ3v) is 19.2. The first-order valence-corrected chi connectivity index (χ1v) is 29.2. The normalized spacial score (nSPS) is 15.4. The average molecular weight is 1060 g/mol. The van der Waals surface area contributed by atoms with E-state index in [1.54, 1.807) is 0 Å². The van der Waals surface area contributed by atoms with Gasteiger partial charge in [-0.25, -0.2) is 0 Å². The van der Waals surface area contributed by atoms with Gasteiger partial charge in [-0.3, -0.25) is 0 Å². The van der Waals surface area contributed by atoms with E-state index in [9.17, 15) is 0 Å². The van der Waals surface area contributed by atoms with Crippen LogP contribution in [0.15, 0.2) is 243 Å². The SMILES string of the molecule is CC1(C)c2cc(/C=C/c3ccc4c(c3)C(C)(C)c3cc5c(cc3-4)C(C)(C)c3cc(N(c4ccccc4)c4ccccc4)ccc3-5)ccc2-c2cc3c(cc21)-c1ccc(-c2ccc(N(c4ccccc4)c4ccccc4)cc2)cc1C3(C)C. The smallest absolute Gasteiger partial charge is 0.0465 e. The molecule has 0 saturated carbocycles. The highest BCUT2D eigenvalue weighted by Gasteiger charge is 2.44. The Bertz CT molecular complexity index is 4330. The second kappa shape index (κ2) is 18.1. The van der Waals surface area contributed by atoms with Crippen molar-refractivity contribution >= 4 is 46.3 Å². The minimum Gasteiger partial charge on any atom is -0.311 e. The maximum absolute atomic E-state index is 2.53. The van der Waals surface area contributed by atoms with Crippen molar-refractivity contribution in [3.63, 3.8) is 0 Å². The summed E-state index contributed by atoms with van der Waals surface area (Å²) in [6.07, 6.45) is 4.64. The van der Waals surface area contributed by atoms with Gasteiger partial charge in [0.25, 0.3) is 0 Å². The lowest BCUT2D eigenvalue weighted by Gasteiger charge is -2.28. The van der Waals surface area contributed by atoms with Gasteiger partial charge < -0.3 is 9.80 Å². The van der Waals surface area contributed by atoms with E-state index in [2.05, 4.69) is 320 Å².